The highest BCUT2D eigenvalue weighted by molar-refractivity contribution is 7.19. The first-order valence-corrected chi connectivity index (χ1v) is 13.2. The van der Waals surface area contributed by atoms with E-state index in [2.05, 4.69) is 32.2 Å². The number of amides is 1. The van der Waals surface area contributed by atoms with Gasteiger partial charge in [0, 0.05) is 36.5 Å². The minimum absolute atomic E-state index is 0.00831. The summed E-state index contributed by atoms with van der Waals surface area (Å²) in [6.07, 6.45) is 1.96. The monoisotopic (exact) mass is 510 g/mol. The number of β-amino-alcohol motifs (C(OH)–C–C–N with tert-alkyl or cyclic N) is 2. The van der Waals surface area contributed by atoms with Gasteiger partial charge in [0.15, 0.2) is 0 Å². The number of hydrazine groups is 1. The molecule has 4 heterocycles. The normalized spacial score (nSPS) is 23.0. The molecule has 36 heavy (non-hydrogen) atoms. The number of aromatic nitrogens is 2. The lowest BCUT2D eigenvalue weighted by Gasteiger charge is -2.26. The molecule has 1 amide bonds. The van der Waals surface area contributed by atoms with Crippen LogP contribution in [0.3, 0.4) is 0 Å². The number of carbonyl (C=O) groups is 1. The standard InChI is InChI=1S/C25H30N6O4S/c1-12(2)35-20-7-16-14(8-28-30-16)5-17(20)29-23-22-15-4-3-13(6-21(15)36-24(22)27-11-26-23)25(34)31-9-18(32)19(33)10-31/h5,7,11-13,18-19,28,30,32-33H,3-4,6,8-10H2,1-2H3,(H,26,27,29)/t13-,18-,19-/m0/s1. The number of fused-ring (bicyclic) bond motifs is 4. The van der Waals surface area contributed by atoms with Crippen molar-refractivity contribution in [2.75, 3.05) is 23.8 Å². The van der Waals surface area contributed by atoms with Crippen molar-refractivity contribution in [3.05, 3.63) is 34.5 Å². The zero-order valence-corrected chi connectivity index (χ0v) is 21.1. The second-order valence-corrected chi connectivity index (χ2v) is 11.1. The molecule has 3 aromatic rings. The lowest BCUT2D eigenvalue weighted by molar-refractivity contribution is -0.135. The number of aliphatic hydroxyl groups is 2. The first kappa shape index (κ1) is 23.4. The third kappa shape index (κ3) is 4.15. The lowest BCUT2D eigenvalue weighted by Crippen LogP contribution is -2.37. The van der Waals surface area contributed by atoms with Crippen LogP contribution in [-0.2, 0) is 24.2 Å². The molecule has 3 aliphatic rings. The van der Waals surface area contributed by atoms with Crippen LogP contribution in [0.15, 0.2) is 18.5 Å². The zero-order valence-electron chi connectivity index (χ0n) is 20.2. The Balaban J connectivity index is 1.30. The molecular formula is C25H30N6O4S. The molecule has 2 aliphatic heterocycles. The highest BCUT2D eigenvalue weighted by Gasteiger charge is 2.37. The minimum Gasteiger partial charge on any atom is -0.489 e. The molecule has 3 atom stereocenters. The molecule has 1 saturated heterocycles. The maximum atomic E-state index is 13.1. The molecule has 0 spiro atoms. The zero-order chi connectivity index (χ0) is 25.0. The fraction of sp³-hybridized carbons (Fsp3) is 0.480. The fourth-order valence-corrected chi connectivity index (χ4v) is 6.59. The number of likely N-dealkylation sites (tertiary alicyclic amines) is 1. The Morgan fingerprint density at radius 2 is 2.06 bits per heavy atom. The van der Waals surface area contributed by atoms with E-state index >= 15 is 0 Å². The molecule has 1 aromatic carbocycles. The molecule has 0 radical (unpaired) electrons. The van der Waals surface area contributed by atoms with Gasteiger partial charge in [0.2, 0.25) is 5.91 Å². The van der Waals surface area contributed by atoms with Gasteiger partial charge in [-0.15, -0.1) is 11.3 Å². The average Bonchev–Trinajstić information content (AvgIpc) is 3.55. The van der Waals surface area contributed by atoms with Crippen molar-refractivity contribution in [1.82, 2.24) is 20.3 Å². The second-order valence-electron chi connectivity index (χ2n) is 10.00. The van der Waals surface area contributed by atoms with E-state index in [1.807, 2.05) is 19.9 Å². The van der Waals surface area contributed by atoms with E-state index in [1.165, 1.54) is 5.56 Å². The summed E-state index contributed by atoms with van der Waals surface area (Å²) in [4.78, 5) is 25.9. The first-order chi connectivity index (χ1) is 17.4. The minimum atomic E-state index is -0.864. The van der Waals surface area contributed by atoms with Gasteiger partial charge in [-0.2, -0.15) is 0 Å². The number of hydrogen-bond acceptors (Lipinski definition) is 10. The van der Waals surface area contributed by atoms with E-state index in [-0.39, 0.29) is 31.0 Å². The van der Waals surface area contributed by atoms with Gasteiger partial charge >= 0.3 is 0 Å². The number of nitrogens with one attached hydrogen (secondary N) is 3. The Morgan fingerprint density at radius 1 is 1.25 bits per heavy atom. The van der Waals surface area contributed by atoms with E-state index in [4.69, 9.17) is 4.74 Å². The van der Waals surface area contributed by atoms with Gasteiger partial charge in [-0.3, -0.25) is 4.79 Å². The molecule has 10 nitrogen and oxygen atoms in total. The van der Waals surface area contributed by atoms with Gasteiger partial charge in [0.1, 0.15) is 22.7 Å². The van der Waals surface area contributed by atoms with E-state index in [0.717, 1.165) is 56.6 Å². The summed E-state index contributed by atoms with van der Waals surface area (Å²) in [5.74, 6) is 1.33. The summed E-state index contributed by atoms with van der Waals surface area (Å²) in [5, 5.41) is 24.2. The maximum Gasteiger partial charge on any atom is 0.226 e. The van der Waals surface area contributed by atoms with Gasteiger partial charge in [-0.25, -0.2) is 15.4 Å². The molecule has 0 unspecified atom stereocenters. The van der Waals surface area contributed by atoms with Gasteiger partial charge in [-0.1, -0.05) is 0 Å². The Morgan fingerprint density at radius 3 is 2.83 bits per heavy atom. The molecule has 1 aliphatic carbocycles. The summed E-state index contributed by atoms with van der Waals surface area (Å²) in [6, 6.07) is 4.09. The van der Waals surface area contributed by atoms with Crippen LogP contribution < -0.4 is 20.9 Å². The largest absolute Gasteiger partial charge is 0.489 e. The predicted octanol–water partition coefficient (Wildman–Crippen LogP) is 2.32. The molecular weight excluding hydrogens is 480 g/mol. The molecule has 190 valence electrons. The van der Waals surface area contributed by atoms with Crippen LogP contribution in [-0.4, -0.2) is 62.4 Å². The molecule has 2 aromatic heterocycles. The van der Waals surface area contributed by atoms with E-state index in [0.29, 0.717) is 12.8 Å². The van der Waals surface area contributed by atoms with Crippen molar-refractivity contribution in [2.45, 2.75) is 58.0 Å². The number of thiophene rings is 1. The Kier molecular flexibility index (Phi) is 5.95. The van der Waals surface area contributed by atoms with Crippen LogP contribution in [0.2, 0.25) is 0 Å². The SMILES string of the molecule is CC(C)Oc1cc2c(cc1Nc1ncnc3sc4c(c13)CC[C@H](C(=O)N1C[C@H](O)[C@@H](O)C1)C4)CNN2. The number of rotatable bonds is 5. The summed E-state index contributed by atoms with van der Waals surface area (Å²) in [6.45, 7) is 5.12. The topological polar surface area (TPSA) is 132 Å². The summed E-state index contributed by atoms with van der Waals surface area (Å²) >= 11 is 1.61. The predicted molar refractivity (Wildman–Crippen MR) is 137 cm³/mol. The summed E-state index contributed by atoms with van der Waals surface area (Å²) < 4.78 is 6.10. The van der Waals surface area contributed by atoms with Crippen molar-refractivity contribution < 1.29 is 19.7 Å². The average molecular weight is 511 g/mol. The number of hydrogen-bond donors (Lipinski definition) is 5. The molecule has 0 bridgehead atoms. The van der Waals surface area contributed by atoms with E-state index < -0.39 is 12.2 Å². The highest BCUT2D eigenvalue weighted by atomic mass is 32.1. The number of aryl methyl sites for hydroxylation is 1. The Hall–Kier alpha value is -2.99. The maximum absolute atomic E-state index is 13.1. The van der Waals surface area contributed by atoms with E-state index in [9.17, 15) is 15.0 Å². The highest BCUT2D eigenvalue weighted by Crippen LogP contribution is 2.42. The number of nitrogens with zero attached hydrogens (tertiary/aromatic N) is 3. The third-order valence-electron chi connectivity index (χ3n) is 7.09. The third-order valence-corrected chi connectivity index (χ3v) is 8.25. The number of ether oxygens (including phenoxy) is 1. The van der Waals surface area contributed by atoms with E-state index in [1.54, 1.807) is 22.6 Å². The summed E-state index contributed by atoms with van der Waals surface area (Å²) in [7, 11) is 0. The summed E-state index contributed by atoms with van der Waals surface area (Å²) in [5.41, 5.74) is 10.5. The van der Waals surface area contributed by atoms with Crippen LogP contribution in [0.5, 0.6) is 5.75 Å². The second kappa shape index (κ2) is 9.15. The number of carbonyl (C=O) groups excluding carboxylic acids is 1. The van der Waals surface area contributed by atoms with Gasteiger partial charge < -0.3 is 30.6 Å². The van der Waals surface area contributed by atoms with Gasteiger partial charge in [-0.05, 0) is 50.3 Å². The molecule has 11 heteroatoms. The van der Waals surface area contributed by atoms with Gasteiger partial charge in [0.25, 0.3) is 0 Å². The Labute approximate surface area is 212 Å². The van der Waals surface area contributed by atoms with Crippen LogP contribution >= 0.6 is 11.3 Å². The molecule has 6 rings (SSSR count). The van der Waals surface area contributed by atoms with Crippen molar-refractivity contribution >= 4 is 44.7 Å². The van der Waals surface area contributed by atoms with Crippen LogP contribution in [0.1, 0.15) is 36.3 Å². The van der Waals surface area contributed by atoms with Crippen molar-refractivity contribution in [1.29, 1.82) is 0 Å². The van der Waals surface area contributed by atoms with Crippen molar-refractivity contribution in [2.24, 2.45) is 5.92 Å². The smallest absolute Gasteiger partial charge is 0.226 e. The number of benzene rings is 1. The van der Waals surface area contributed by atoms with Gasteiger partial charge in [0.05, 0.1) is 35.1 Å². The molecule has 0 saturated carbocycles. The molecule has 5 N–H and O–H groups in total. The number of anilines is 3. The van der Waals surface area contributed by atoms with Crippen molar-refractivity contribution in [3.63, 3.8) is 0 Å². The first-order valence-electron chi connectivity index (χ1n) is 12.4. The fourth-order valence-electron chi connectivity index (χ4n) is 5.32. The van der Waals surface area contributed by atoms with Crippen LogP contribution in [0, 0.1) is 5.92 Å². The Bertz CT molecular complexity index is 1320. The lowest BCUT2D eigenvalue weighted by atomic mass is 9.87. The quantitative estimate of drug-likeness (QED) is 0.351. The number of aliphatic hydroxyl groups excluding tert-OH is 2. The van der Waals surface area contributed by atoms with Crippen LogP contribution in [0.4, 0.5) is 17.2 Å². The molecule has 1 fully saturated rings. The van der Waals surface area contributed by atoms with Crippen LogP contribution in [0.25, 0.3) is 10.2 Å². The van der Waals surface area contributed by atoms with Crippen molar-refractivity contribution in [3.8, 4) is 5.75 Å².